The quantitative estimate of drug-likeness (QED) is 0.759. The van der Waals surface area contributed by atoms with E-state index in [2.05, 4.69) is 20.8 Å². The molecule has 23 heavy (non-hydrogen) atoms. The van der Waals surface area contributed by atoms with E-state index in [1.807, 2.05) is 37.3 Å². The predicted molar refractivity (Wildman–Crippen MR) is 82.1 cm³/mol. The Labute approximate surface area is 132 Å². The van der Waals surface area contributed by atoms with Gasteiger partial charge in [0.2, 0.25) is 11.9 Å². The van der Waals surface area contributed by atoms with Crippen LogP contribution in [0.4, 0.5) is 5.95 Å². The van der Waals surface area contributed by atoms with E-state index in [0.29, 0.717) is 12.4 Å². The Balaban J connectivity index is 2.16. The summed E-state index contributed by atoms with van der Waals surface area (Å²) in [5.74, 6) is -1.08. The molecule has 1 aromatic heterocycles. The highest BCUT2D eigenvalue weighted by Gasteiger charge is 2.23. The average Bonchev–Trinajstić information content (AvgIpc) is 3.00. The minimum atomic E-state index is -1.06. The smallest absolute Gasteiger partial charge is 0.323 e. The van der Waals surface area contributed by atoms with Crippen molar-refractivity contribution in [3.8, 4) is 5.69 Å². The van der Waals surface area contributed by atoms with Crippen molar-refractivity contribution in [3.05, 3.63) is 30.3 Å². The van der Waals surface area contributed by atoms with Crippen LogP contribution in [-0.2, 0) is 9.59 Å². The summed E-state index contributed by atoms with van der Waals surface area (Å²) < 4.78 is 1.48. The first-order valence-electron chi connectivity index (χ1n) is 7.10. The first-order chi connectivity index (χ1) is 11.0. The minimum Gasteiger partial charge on any atom is -0.480 e. The Hall–Kier alpha value is -2.97. The number of carboxylic acid groups (broad SMARTS) is 1. The molecule has 0 aliphatic carbocycles. The Morgan fingerprint density at radius 3 is 2.65 bits per heavy atom. The number of para-hydroxylation sites is 1. The number of carbonyl (C=O) groups is 2. The van der Waals surface area contributed by atoms with Gasteiger partial charge in [-0.1, -0.05) is 30.2 Å². The summed E-state index contributed by atoms with van der Waals surface area (Å²) >= 11 is 0. The van der Waals surface area contributed by atoms with Crippen LogP contribution < -0.4 is 5.32 Å². The van der Waals surface area contributed by atoms with Crippen molar-refractivity contribution in [1.82, 2.24) is 25.1 Å². The zero-order chi connectivity index (χ0) is 16.8. The summed E-state index contributed by atoms with van der Waals surface area (Å²) in [6.45, 7) is 1.46. The van der Waals surface area contributed by atoms with E-state index in [1.54, 1.807) is 0 Å². The van der Waals surface area contributed by atoms with Gasteiger partial charge in [0.1, 0.15) is 12.6 Å². The lowest BCUT2D eigenvalue weighted by Gasteiger charge is -2.22. The number of hydrogen-bond acceptors (Lipinski definition) is 6. The van der Waals surface area contributed by atoms with Crippen molar-refractivity contribution in [2.75, 3.05) is 18.9 Å². The number of nitrogens with zero attached hydrogens (tertiary/aromatic N) is 5. The fourth-order valence-corrected chi connectivity index (χ4v) is 2.06. The molecular weight excluding hydrogens is 300 g/mol. The highest BCUT2D eigenvalue weighted by atomic mass is 16.4. The summed E-state index contributed by atoms with van der Waals surface area (Å²) in [7, 11) is 1.45. The topological polar surface area (TPSA) is 113 Å². The third kappa shape index (κ3) is 4.02. The van der Waals surface area contributed by atoms with Gasteiger partial charge in [-0.2, -0.15) is 4.68 Å². The van der Waals surface area contributed by atoms with Crippen LogP contribution in [0, 0.1) is 0 Å². The van der Waals surface area contributed by atoms with Crippen LogP contribution in [0.5, 0.6) is 0 Å². The maximum absolute atomic E-state index is 12.3. The molecule has 2 aromatic rings. The maximum Gasteiger partial charge on any atom is 0.323 e. The van der Waals surface area contributed by atoms with Gasteiger partial charge in [0.25, 0.3) is 0 Å². The van der Waals surface area contributed by atoms with E-state index in [1.165, 1.54) is 11.7 Å². The van der Waals surface area contributed by atoms with Gasteiger partial charge < -0.3 is 15.3 Å². The highest BCUT2D eigenvalue weighted by Crippen LogP contribution is 2.13. The highest BCUT2D eigenvalue weighted by molar-refractivity contribution is 5.86. The third-order valence-electron chi connectivity index (χ3n) is 3.23. The van der Waals surface area contributed by atoms with E-state index in [9.17, 15) is 9.59 Å². The molecular formula is C14H18N6O3. The van der Waals surface area contributed by atoms with Crippen LogP contribution in [0.3, 0.4) is 0 Å². The molecule has 9 nitrogen and oxygen atoms in total. The lowest BCUT2D eigenvalue weighted by molar-refractivity contribution is -0.143. The van der Waals surface area contributed by atoms with Crippen molar-refractivity contribution < 1.29 is 14.7 Å². The monoisotopic (exact) mass is 318 g/mol. The number of carboxylic acids is 1. The number of benzene rings is 1. The van der Waals surface area contributed by atoms with Crippen LogP contribution in [-0.4, -0.2) is 61.7 Å². The van der Waals surface area contributed by atoms with Gasteiger partial charge in [-0.15, -0.1) is 0 Å². The SMILES string of the molecule is CCC(Nc1nnnn1-c1ccccc1)C(=O)N(C)CC(=O)O. The number of aromatic nitrogens is 4. The summed E-state index contributed by atoms with van der Waals surface area (Å²) in [6, 6.07) is 8.63. The molecule has 2 N–H and O–H groups in total. The molecule has 0 saturated heterocycles. The second-order valence-electron chi connectivity index (χ2n) is 4.94. The van der Waals surface area contributed by atoms with Crippen LogP contribution >= 0.6 is 0 Å². The Morgan fingerprint density at radius 1 is 1.35 bits per heavy atom. The molecule has 1 aromatic carbocycles. The number of aliphatic carboxylic acids is 1. The zero-order valence-corrected chi connectivity index (χ0v) is 12.9. The van der Waals surface area contributed by atoms with Crippen LogP contribution in [0.1, 0.15) is 13.3 Å². The molecule has 1 heterocycles. The molecule has 0 fully saturated rings. The standard InChI is InChI=1S/C14H18N6O3/c1-3-11(13(23)19(2)9-12(21)22)15-14-16-17-18-20(14)10-7-5-4-6-8-10/h4-8,11H,3,9H2,1-2H3,(H,21,22)(H,15,16,18). The molecule has 122 valence electrons. The lowest BCUT2D eigenvalue weighted by Crippen LogP contribution is -2.43. The average molecular weight is 318 g/mol. The molecule has 0 saturated carbocycles. The predicted octanol–water partition coefficient (Wildman–Crippen LogP) is 0.396. The zero-order valence-electron chi connectivity index (χ0n) is 12.9. The molecule has 0 radical (unpaired) electrons. The van der Waals surface area contributed by atoms with Crippen LogP contribution in [0.25, 0.3) is 5.69 Å². The van der Waals surface area contributed by atoms with Crippen LogP contribution in [0.15, 0.2) is 30.3 Å². The Kier molecular flexibility index (Phi) is 5.23. The number of carbonyl (C=O) groups excluding carboxylic acids is 1. The maximum atomic E-state index is 12.3. The largest absolute Gasteiger partial charge is 0.480 e. The van der Waals surface area contributed by atoms with Crippen molar-refractivity contribution in [2.45, 2.75) is 19.4 Å². The molecule has 0 aliphatic heterocycles. The number of anilines is 1. The van der Waals surface area contributed by atoms with E-state index in [0.717, 1.165) is 10.6 Å². The number of rotatable bonds is 7. The van der Waals surface area contributed by atoms with Gasteiger partial charge in [0.15, 0.2) is 0 Å². The van der Waals surface area contributed by atoms with Gasteiger partial charge in [-0.25, -0.2) is 0 Å². The van der Waals surface area contributed by atoms with Gasteiger partial charge in [-0.05, 0) is 29.0 Å². The second kappa shape index (κ2) is 7.34. The van der Waals surface area contributed by atoms with Gasteiger partial charge in [0.05, 0.1) is 5.69 Å². The van der Waals surface area contributed by atoms with Crippen molar-refractivity contribution in [3.63, 3.8) is 0 Å². The summed E-state index contributed by atoms with van der Waals surface area (Å²) in [6.07, 6.45) is 0.463. The Morgan fingerprint density at radius 2 is 2.04 bits per heavy atom. The number of nitrogens with one attached hydrogen (secondary N) is 1. The van der Waals surface area contributed by atoms with E-state index in [-0.39, 0.29) is 12.5 Å². The Bertz CT molecular complexity index is 672. The molecule has 0 aliphatic rings. The van der Waals surface area contributed by atoms with E-state index >= 15 is 0 Å². The van der Waals surface area contributed by atoms with Gasteiger partial charge >= 0.3 is 5.97 Å². The van der Waals surface area contributed by atoms with Crippen molar-refractivity contribution in [2.24, 2.45) is 0 Å². The first-order valence-corrected chi connectivity index (χ1v) is 7.10. The minimum absolute atomic E-state index is 0.320. The molecule has 0 spiro atoms. The number of tetrazole rings is 1. The molecule has 9 heteroatoms. The normalized spacial score (nSPS) is 11.7. The molecule has 1 atom stereocenters. The second-order valence-corrected chi connectivity index (χ2v) is 4.94. The summed E-state index contributed by atoms with van der Waals surface area (Å²) in [5, 5.41) is 23.2. The lowest BCUT2D eigenvalue weighted by atomic mass is 10.2. The number of likely N-dealkylation sites (N-methyl/N-ethyl adjacent to an activating group) is 1. The molecule has 2 rings (SSSR count). The van der Waals surface area contributed by atoms with Crippen molar-refractivity contribution >= 4 is 17.8 Å². The van der Waals surface area contributed by atoms with Gasteiger partial charge in [-0.3, -0.25) is 9.59 Å². The first kappa shape index (κ1) is 16.4. The van der Waals surface area contributed by atoms with Gasteiger partial charge in [0, 0.05) is 7.05 Å². The number of hydrogen-bond donors (Lipinski definition) is 2. The summed E-state index contributed by atoms with van der Waals surface area (Å²) in [4.78, 5) is 24.2. The van der Waals surface area contributed by atoms with E-state index in [4.69, 9.17) is 5.11 Å². The fraction of sp³-hybridized carbons (Fsp3) is 0.357. The summed E-state index contributed by atoms with van der Waals surface area (Å²) in [5.41, 5.74) is 0.751. The van der Waals surface area contributed by atoms with Crippen LogP contribution in [0.2, 0.25) is 0 Å². The molecule has 1 amide bonds. The molecule has 0 bridgehead atoms. The molecule has 1 unspecified atom stereocenters. The van der Waals surface area contributed by atoms with Crippen molar-refractivity contribution in [1.29, 1.82) is 0 Å². The fourth-order valence-electron chi connectivity index (χ4n) is 2.06. The third-order valence-corrected chi connectivity index (χ3v) is 3.23. The number of amides is 1. The van der Waals surface area contributed by atoms with E-state index < -0.39 is 12.0 Å².